The number of halogens is 1. The summed E-state index contributed by atoms with van der Waals surface area (Å²) >= 11 is 1.22. The summed E-state index contributed by atoms with van der Waals surface area (Å²) in [7, 11) is 0. The molecule has 0 spiro atoms. The fraction of sp³-hybridized carbons (Fsp3) is 0.211. The number of carbonyl (C=O) groups excluding carboxylic acids is 1. The van der Waals surface area contributed by atoms with E-state index >= 15 is 0 Å². The van der Waals surface area contributed by atoms with E-state index < -0.39 is 12.0 Å². The smallest absolute Gasteiger partial charge is 0.407 e. The van der Waals surface area contributed by atoms with Gasteiger partial charge in [0.05, 0.1) is 12.1 Å². The third-order valence-electron chi connectivity index (χ3n) is 4.32. The molecule has 2 amide bonds. The molecule has 0 atom stereocenters. The highest BCUT2D eigenvalue weighted by atomic mass is 32.1. The van der Waals surface area contributed by atoms with Gasteiger partial charge in [0.25, 0.3) is 0 Å². The second-order valence-corrected chi connectivity index (χ2v) is 7.20. The first-order valence-corrected chi connectivity index (χ1v) is 8.98. The Morgan fingerprint density at radius 1 is 1.44 bits per heavy atom. The number of fused-ring (bicyclic) bond motifs is 1. The number of thiophene rings is 1. The molecule has 3 rings (SSSR count). The van der Waals surface area contributed by atoms with E-state index in [4.69, 9.17) is 5.11 Å². The fourth-order valence-electron chi connectivity index (χ4n) is 2.92. The second kappa shape index (κ2) is 7.60. The van der Waals surface area contributed by atoms with Crippen molar-refractivity contribution < 1.29 is 19.1 Å². The molecule has 1 aliphatic rings. The maximum absolute atomic E-state index is 13.1. The first-order valence-electron chi connectivity index (χ1n) is 8.16. The Labute approximate surface area is 159 Å². The number of nitriles is 1. The van der Waals surface area contributed by atoms with Crippen molar-refractivity contribution >= 4 is 34.4 Å². The van der Waals surface area contributed by atoms with Gasteiger partial charge >= 0.3 is 6.09 Å². The quantitative estimate of drug-likeness (QED) is 0.787. The lowest BCUT2D eigenvalue weighted by molar-refractivity contribution is -0.111. The van der Waals surface area contributed by atoms with Crippen LogP contribution in [0.4, 0.5) is 14.2 Å². The molecule has 1 aliphatic heterocycles. The highest BCUT2D eigenvalue weighted by Crippen LogP contribution is 2.36. The van der Waals surface area contributed by atoms with Crippen molar-refractivity contribution in [3.8, 4) is 6.07 Å². The summed E-state index contributed by atoms with van der Waals surface area (Å²) < 4.78 is 13.1. The van der Waals surface area contributed by atoms with E-state index in [2.05, 4.69) is 11.4 Å². The van der Waals surface area contributed by atoms with Gasteiger partial charge < -0.3 is 15.3 Å². The molecule has 1 aromatic heterocycles. The molecule has 2 aromatic rings. The molecule has 0 saturated heterocycles. The van der Waals surface area contributed by atoms with E-state index in [1.54, 1.807) is 19.1 Å². The van der Waals surface area contributed by atoms with E-state index in [0.717, 1.165) is 16.0 Å². The Bertz CT molecular complexity index is 991. The minimum absolute atomic E-state index is 0.213. The van der Waals surface area contributed by atoms with Crippen molar-refractivity contribution in [1.29, 1.82) is 5.26 Å². The van der Waals surface area contributed by atoms with Crippen LogP contribution in [0.5, 0.6) is 0 Å². The molecular formula is C19H16FN3O3S. The molecule has 2 heterocycles. The van der Waals surface area contributed by atoms with E-state index in [-0.39, 0.29) is 12.4 Å². The lowest BCUT2D eigenvalue weighted by Crippen LogP contribution is -2.34. The summed E-state index contributed by atoms with van der Waals surface area (Å²) in [6, 6.07) is 6.39. The van der Waals surface area contributed by atoms with Gasteiger partial charge in [0.15, 0.2) is 0 Å². The molecule has 8 heteroatoms. The number of amides is 2. The van der Waals surface area contributed by atoms with Crippen molar-refractivity contribution in [1.82, 2.24) is 4.90 Å². The molecule has 1 aromatic carbocycles. The zero-order valence-electron chi connectivity index (χ0n) is 14.5. The fourth-order valence-corrected chi connectivity index (χ4v) is 4.13. The molecule has 27 heavy (non-hydrogen) atoms. The Balaban J connectivity index is 1.77. The van der Waals surface area contributed by atoms with Gasteiger partial charge in [-0.1, -0.05) is 6.07 Å². The van der Waals surface area contributed by atoms with Gasteiger partial charge in [0, 0.05) is 17.5 Å². The molecule has 0 saturated carbocycles. The maximum atomic E-state index is 13.1. The topological polar surface area (TPSA) is 93.4 Å². The summed E-state index contributed by atoms with van der Waals surface area (Å²) in [5, 5.41) is 21.7. The van der Waals surface area contributed by atoms with Crippen LogP contribution in [0.1, 0.15) is 27.1 Å². The van der Waals surface area contributed by atoms with Crippen LogP contribution in [-0.4, -0.2) is 28.6 Å². The molecule has 2 N–H and O–H groups in total. The molecule has 0 bridgehead atoms. The van der Waals surface area contributed by atoms with Crippen LogP contribution in [0.25, 0.3) is 6.08 Å². The van der Waals surface area contributed by atoms with Gasteiger partial charge in [-0.25, -0.2) is 9.18 Å². The lowest BCUT2D eigenvalue weighted by atomic mass is 10.0. The monoisotopic (exact) mass is 385 g/mol. The van der Waals surface area contributed by atoms with Crippen LogP contribution in [0.15, 0.2) is 24.3 Å². The largest absolute Gasteiger partial charge is 0.465 e. The molecule has 0 aliphatic carbocycles. The standard InChI is InChI=1S/C19H16FN3O3S/c1-11-8-13(20)4-2-12(11)3-5-17(24)22-18-15(9-21)14-6-7-23(19(25)26)10-16(14)27-18/h2-5,8H,6-7,10H2,1H3,(H,22,24)(H,25,26). The molecule has 0 unspecified atom stereocenters. The van der Waals surface area contributed by atoms with Gasteiger partial charge in [0.2, 0.25) is 5.91 Å². The minimum atomic E-state index is -1.00. The number of hydrogen-bond acceptors (Lipinski definition) is 4. The van der Waals surface area contributed by atoms with Gasteiger partial charge in [0.1, 0.15) is 16.9 Å². The van der Waals surface area contributed by atoms with Crippen molar-refractivity contribution in [2.45, 2.75) is 19.9 Å². The van der Waals surface area contributed by atoms with Crippen LogP contribution in [0, 0.1) is 24.1 Å². The zero-order chi connectivity index (χ0) is 19.6. The Hall–Kier alpha value is -3.18. The van der Waals surface area contributed by atoms with E-state index in [9.17, 15) is 19.2 Å². The number of anilines is 1. The van der Waals surface area contributed by atoms with Crippen LogP contribution < -0.4 is 5.32 Å². The summed E-state index contributed by atoms with van der Waals surface area (Å²) in [5.41, 5.74) is 2.61. The molecular weight excluding hydrogens is 369 g/mol. The summed E-state index contributed by atoms with van der Waals surface area (Å²) in [6.45, 7) is 2.28. The lowest BCUT2D eigenvalue weighted by Gasteiger charge is -2.23. The minimum Gasteiger partial charge on any atom is -0.465 e. The summed E-state index contributed by atoms with van der Waals surface area (Å²) in [4.78, 5) is 25.4. The summed E-state index contributed by atoms with van der Waals surface area (Å²) in [6.07, 6.45) is 2.34. The summed E-state index contributed by atoms with van der Waals surface area (Å²) in [5.74, 6) is -0.753. The zero-order valence-corrected chi connectivity index (χ0v) is 15.3. The van der Waals surface area contributed by atoms with Crippen molar-refractivity contribution in [3.63, 3.8) is 0 Å². The van der Waals surface area contributed by atoms with Gasteiger partial charge in [-0.2, -0.15) is 5.26 Å². The number of benzene rings is 1. The van der Waals surface area contributed by atoms with Gasteiger partial charge in [-0.05, 0) is 48.2 Å². The number of carbonyl (C=O) groups is 2. The average molecular weight is 385 g/mol. The predicted molar refractivity (Wildman–Crippen MR) is 100.0 cm³/mol. The molecule has 138 valence electrons. The normalized spacial score (nSPS) is 13.3. The number of carboxylic acid groups (broad SMARTS) is 1. The Morgan fingerprint density at radius 2 is 2.22 bits per heavy atom. The van der Waals surface area contributed by atoms with E-state index in [1.807, 2.05) is 0 Å². The number of hydrogen-bond donors (Lipinski definition) is 2. The van der Waals surface area contributed by atoms with Crippen molar-refractivity contribution in [2.75, 3.05) is 11.9 Å². The predicted octanol–water partition coefficient (Wildman–Crippen LogP) is 3.76. The Morgan fingerprint density at radius 3 is 2.89 bits per heavy atom. The maximum Gasteiger partial charge on any atom is 0.407 e. The van der Waals surface area contributed by atoms with Crippen molar-refractivity contribution in [3.05, 3.63) is 57.2 Å². The molecule has 0 radical (unpaired) electrons. The first-order chi connectivity index (χ1) is 12.9. The van der Waals surface area contributed by atoms with Crippen LogP contribution in [0.2, 0.25) is 0 Å². The van der Waals surface area contributed by atoms with E-state index in [0.29, 0.717) is 29.1 Å². The Kier molecular flexibility index (Phi) is 5.23. The van der Waals surface area contributed by atoms with Gasteiger partial charge in [-0.15, -0.1) is 11.3 Å². The third kappa shape index (κ3) is 3.99. The second-order valence-electron chi connectivity index (χ2n) is 6.10. The number of nitrogens with zero attached hydrogens (tertiary/aromatic N) is 2. The third-order valence-corrected chi connectivity index (χ3v) is 5.45. The average Bonchev–Trinajstić information content (AvgIpc) is 2.96. The first kappa shape index (κ1) is 18.6. The van der Waals surface area contributed by atoms with Gasteiger partial charge in [-0.3, -0.25) is 4.79 Å². The van der Waals surface area contributed by atoms with Crippen LogP contribution in [0.3, 0.4) is 0 Å². The molecule has 0 fully saturated rings. The number of aryl methyl sites for hydroxylation is 1. The number of rotatable bonds is 3. The highest BCUT2D eigenvalue weighted by Gasteiger charge is 2.27. The SMILES string of the molecule is Cc1cc(F)ccc1C=CC(=O)Nc1sc2c(c1C#N)CCN(C(=O)O)C2. The molecule has 6 nitrogen and oxygen atoms in total. The highest BCUT2D eigenvalue weighted by molar-refractivity contribution is 7.16. The van der Waals surface area contributed by atoms with Crippen LogP contribution in [-0.2, 0) is 17.8 Å². The van der Waals surface area contributed by atoms with E-state index in [1.165, 1.54) is 34.4 Å². The number of nitrogens with one attached hydrogen (secondary N) is 1. The van der Waals surface area contributed by atoms with Crippen LogP contribution >= 0.6 is 11.3 Å². The van der Waals surface area contributed by atoms with Crippen molar-refractivity contribution in [2.24, 2.45) is 0 Å².